The number of ether oxygens (including phenoxy) is 1. The van der Waals surface area contributed by atoms with E-state index in [9.17, 15) is 4.79 Å². The average molecular weight is 299 g/mol. The molecule has 2 aromatic rings. The van der Waals surface area contributed by atoms with Crippen molar-refractivity contribution in [1.29, 1.82) is 0 Å². The molecule has 1 amide bonds. The van der Waals surface area contributed by atoms with E-state index < -0.39 is 5.91 Å². The number of benzene rings is 1. The molecule has 2 heterocycles. The van der Waals surface area contributed by atoms with E-state index in [1.54, 1.807) is 19.4 Å². The molecule has 0 aliphatic carbocycles. The zero-order chi connectivity index (χ0) is 15.7. The number of nitrogens with two attached hydrogens (primary N) is 1. The van der Waals surface area contributed by atoms with Gasteiger partial charge in [-0.1, -0.05) is 6.92 Å². The highest BCUT2D eigenvalue weighted by atomic mass is 16.5. The van der Waals surface area contributed by atoms with Crippen molar-refractivity contribution >= 4 is 22.5 Å². The summed E-state index contributed by atoms with van der Waals surface area (Å²) in [5.41, 5.74) is 5.84. The molecular weight excluding hydrogens is 278 g/mol. The fraction of sp³-hybridized carbons (Fsp3) is 0.412. The van der Waals surface area contributed by atoms with Gasteiger partial charge in [0.15, 0.2) is 0 Å². The molecule has 2 N–H and O–H groups in total. The Hall–Kier alpha value is -2.30. The van der Waals surface area contributed by atoms with Crippen LogP contribution in [-0.2, 0) is 0 Å². The number of nitrogens with zero attached hydrogens (tertiary/aromatic N) is 2. The molecule has 1 saturated heterocycles. The van der Waals surface area contributed by atoms with Gasteiger partial charge in [-0.05, 0) is 42.3 Å². The number of hydrogen-bond acceptors (Lipinski definition) is 4. The molecule has 1 fully saturated rings. The Morgan fingerprint density at radius 1 is 1.45 bits per heavy atom. The zero-order valence-electron chi connectivity index (χ0n) is 13.0. The first-order valence-corrected chi connectivity index (χ1v) is 7.61. The van der Waals surface area contributed by atoms with Gasteiger partial charge in [-0.3, -0.25) is 4.79 Å². The molecule has 0 saturated carbocycles. The number of primary amides is 1. The van der Waals surface area contributed by atoms with Crippen LogP contribution in [0, 0.1) is 5.92 Å². The third kappa shape index (κ3) is 2.58. The molecule has 1 atom stereocenters. The number of pyridine rings is 1. The topological polar surface area (TPSA) is 68.4 Å². The van der Waals surface area contributed by atoms with E-state index >= 15 is 0 Å². The van der Waals surface area contributed by atoms with Gasteiger partial charge in [-0.15, -0.1) is 0 Å². The summed E-state index contributed by atoms with van der Waals surface area (Å²) in [5.74, 6) is 1.64. The van der Waals surface area contributed by atoms with Crippen LogP contribution in [0.4, 0.5) is 5.82 Å². The first-order chi connectivity index (χ1) is 10.6. The SMILES string of the molecule is COc1cc2c(N3CCC[C@H](C)C3)nccc2cc1C(N)=O. The smallest absolute Gasteiger partial charge is 0.252 e. The summed E-state index contributed by atoms with van der Waals surface area (Å²) in [7, 11) is 1.55. The molecule has 0 unspecified atom stereocenters. The first kappa shape index (κ1) is 14.6. The summed E-state index contributed by atoms with van der Waals surface area (Å²) in [6.45, 7) is 4.28. The Morgan fingerprint density at radius 3 is 2.95 bits per heavy atom. The predicted octanol–water partition coefficient (Wildman–Crippen LogP) is 2.58. The number of rotatable bonds is 3. The second-order valence-corrected chi connectivity index (χ2v) is 5.97. The van der Waals surface area contributed by atoms with Crippen LogP contribution in [0.15, 0.2) is 24.4 Å². The number of aromatic nitrogens is 1. The average Bonchev–Trinajstić information content (AvgIpc) is 2.52. The minimum Gasteiger partial charge on any atom is -0.496 e. The lowest BCUT2D eigenvalue weighted by Gasteiger charge is -2.32. The lowest BCUT2D eigenvalue weighted by atomic mass is 9.99. The van der Waals surface area contributed by atoms with Gasteiger partial charge < -0.3 is 15.4 Å². The Kier molecular flexibility index (Phi) is 3.88. The fourth-order valence-corrected chi connectivity index (χ4v) is 3.18. The summed E-state index contributed by atoms with van der Waals surface area (Å²) < 4.78 is 5.33. The third-order valence-corrected chi connectivity index (χ3v) is 4.29. The van der Waals surface area contributed by atoms with Crippen LogP contribution in [0.3, 0.4) is 0 Å². The van der Waals surface area contributed by atoms with Gasteiger partial charge in [0.05, 0.1) is 12.7 Å². The van der Waals surface area contributed by atoms with Crippen LogP contribution in [0.1, 0.15) is 30.1 Å². The van der Waals surface area contributed by atoms with Crippen molar-refractivity contribution in [3.63, 3.8) is 0 Å². The summed E-state index contributed by atoms with van der Waals surface area (Å²) in [6.07, 6.45) is 4.22. The Balaban J connectivity index is 2.13. The van der Waals surface area contributed by atoms with Crippen molar-refractivity contribution in [2.75, 3.05) is 25.1 Å². The van der Waals surface area contributed by atoms with Crippen LogP contribution < -0.4 is 15.4 Å². The maximum Gasteiger partial charge on any atom is 0.252 e. The van der Waals surface area contributed by atoms with Crippen molar-refractivity contribution in [2.24, 2.45) is 11.7 Å². The van der Waals surface area contributed by atoms with E-state index in [1.807, 2.05) is 12.1 Å². The number of anilines is 1. The standard InChI is InChI=1S/C17H21N3O2/c1-11-4-3-7-20(10-11)17-13-9-15(22-2)14(16(18)21)8-12(13)5-6-19-17/h5-6,8-9,11H,3-4,7,10H2,1-2H3,(H2,18,21)/t11-/m0/s1. The zero-order valence-corrected chi connectivity index (χ0v) is 13.0. The highest BCUT2D eigenvalue weighted by molar-refractivity contribution is 6.03. The number of piperidine rings is 1. The molecule has 1 aromatic heterocycles. The molecule has 116 valence electrons. The lowest BCUT2D eigenvalue weighted by molar-refractivity contribution is 0.0997. The minimum absolute atomic E-state index is 0.402. The van der Waals surface area contributed by atoms with Crippen LogP contribution in [0.2, 0.25) is 0 Å². The van der Waals surface area contributed by atoms with Crippen molar-refractivity contribution < 1.29 is 9.53 Å². The van der Waals surface area contributed by atoms with Crippen molar-refractivity contribution in [2.45, 2.75) is 19.8 Å². The molecule has 22 heavy (non-hydrogen) atoms. The summed E-state index contributed by atoms with van der Waals surface area (Å²) >= 11 is 0. The van der Waals surface area contributed by atoms with Crippen LogP contribution >= 0.6 is 0 Å². The van der Waals surface area contributed by atoms with E-state index in [4.69, 9.17) is 10.5 Å². The third-order valence-electron chi connectivity index (χ3n) is 4.29. The highest BCUT2D eigenvalue weighted by Gasteiger charge is 2.20. The minimum atomic E-state index is -0.483. The number of hydrogen-bond donors (Lipinski definition) is 1. The molecule has 0 bridgehead atoms. The molecule has 0 spiro atoms. The van der Waals surface area contributed by atoms with Gasteiger partial charge in [0, 0.05) is 24.7 Å². The fourth-order valence-electron chi connectivity index (χ4n) is 3.18. The Morgan fingerprint density at radius 2 is 2.27 bits per heavy atom. The maximum absolute atomic E-state index is 11.6. The van der Waals surface area contributed by atoms with Gasteiger partial charge in [-0.25, -0.2) is 4.98 Å². The van der Waals surface area contributed by atoms with Gasteiger partial charge in [0.25, 0.3) is 5.91 Å². The molecule has 5 nitrogen and oxygen atoms in total. The lowest BCUT2D eigenvalue weighted by Crippen LogP contribution is -2.34. The second kappa shape index (κ2) is 5.83. The summed E-state index contributed by atoms with van der Waals surface area (Å²) in [6, 6.07) is 5.56. The predicted molar refractivity (Wildman–Crippen MR) is 87.4 cm³/mol. The second-order valence-electron chi connectivity index (χ2n) is 5.97. The normalized spacial score (nSPS) is 18.5. The molecule has 1 aliphatic rings. The largest absolute Gasteiger partial charge is 0.496 e. The van der Waals surface area contributed by atoms with Crippen molar-refractivity contribution in [3.05, 3.63) is 30.0 Å². The maximum atomic E-state index is 11.6. The van der Waals surface area contributed by atoms with Crippen molar-refractivity contribution in [1.82, 2.24) is 4.98 Å². The van der Waals surface area contributed by atoms with E-state index in [0.29, 0.717) is 17.2 Å². The molecular formula is C17H21N3O2. The van der Waals surface area contributed by atoms with Crippen LogP contribution in [-0.4, -0.2) is 31.1 Å². The van der Waals surface area contributed by atoms with Gasteiger partial charge in [0.2, 0.25) is 0 Å². The first-order valence-electron chi connectivity index (χ1n) is 7.61. The number of fused-ring (bicyclic) bond motifs is 1. The van der Waals surface area contributed by atoms with Gasteiger partial charge in [-0.2, -0.15) is 0 Å². The summed E-state index contributed by atoms with van der Waals surface area (Å²) in [5, 5.41) is 1.95. The number of carbonyl (C=O) groups excluding carboxylic acids is 1. The number of carbonyl (C=O) groups is 1. The number of methoxy groups -OCH3 is 1. The molecule has 5 heteroatoms. The molecule has 1 aromatic carbocycles. The van der Waals surface area contributed by atoms with Crippen LogP contribution in [0.5, 0.6) is 5.75 Å². The molecule has 3 rings (SSSR count). The van der Waals surface area contributed by atoms with Crippen molar-refractivity contribution in [3.8, 4) is 5.75 Å². The van der Waals surface area contributed by atoms with E-state index in [2.05, 4.69) is 16.8 Å². The van der Waals surface area contributed by atoms with E-state index in [1.165, 1.54) is 12.8 Å². The van der Waals surface area contributed by atoms with Gasteiger partial charge in [0.1, 0.15) is 11.6 Å². The summed E-state index contributed by atoms with van der Waals surface area (Å²) in [4.78, 5) is 18.5. The highest BCUT2D eigenvalue weighted by Crippen LogP contribution is 2.32. The van der Waals surface area contributed by atoms with Crippen LogP contribution in [0.25, 0.3) is 10.8 Å². The monoisotopic (exact) mass is 299 g/mol. The Labute approximate surface area is 130 Å². The van der Waals surface area contributed by atoms with E-state index in [-0.39, 0.29) is 0 Å². The van der Waals surface area contributed by atoms with E-state index in [0.717, 1.165) is 29.7 Å². The quantitative estimate of drug-likeness (QED) is 0.946. The van der Waals surface area contributed by atoms with Gasteiger partial charge >= 0.3 is 0 Å². The number of amides is 1. The molecule has 0 radical (unpaired) electrons. The molecule has 1 aliphatic heterocycles. The Bertz CT molecular complexity index is 714.